The number of carbonyl (C=O) groups excluding carboxylic acids is 2. The lowest BCUT2D eigenvalue weighted by Gasteiger charge is -2.44. The Balaban J connectivity index is 1.96. The molecule has 32 heavy (non-hydrogen) atoms. The fraction of sp³-hybridized carbons (Fsp3) is 0.259. The van der Waals surface area contributed by atoms with E-state index in [0.29, 0.717) is 13.1 Å². The number of rotatable bonds is 6. The Hall–Kier alpha value is -3.44. The summed E-state index contributed by atoms with van der Waals surface area (Å²) in [4.78, 5) is 27.6. The van der Waals surface area contributed by atoms with Crippen molar-refractivity contribution in [1.82, 2.24) is 4.90 Å². The minimum absolute atomic E-state index is 0.366. The van der Waals surface area contributed by atoms with Crippen molar-refractivity contribution in [3.8, 4) is 0 Å². The SMILES string of the molecule is COC(=O)[C@H]1CN(C(c2ccccc2)(c2ccccc2)c2ccccc2)C[C@@H]1C(=O)OC. The number of benzene rings is 3. The predicted molar refractivity (Wildman–Crippen MR) is 122 cm³/mol. The van der Waals surface area contributed by atoms with Crippen molar-refractivity contribution < 1.29 is 19.1 Å². The van der Waals surface area contributed by atoms with Crippen LogP contribution in [-0.4, -0.2) is 44.1 Å². The van der Waals surface area contributed by atoms with Gasteiger partial charge in [-0.05, 0) is 16.7 Å². The molecule has 0 amide bonds. The third-order valence-electron chi connectivity index (χ3n) is 6.38. The average molecular weight is 430 g/mol. The quantitative estimate of drug-likeness (QED) is 0.440. The number of methoxy groups -OCH3 is 2. The number of nitrogens with zero attached hydrogens (tertiary/aromatic N) is 1. The van der Waals surface area contributed by atoms with E-state index in [1.807, 2.05) is 54.6 Å². The van der Waals surface area contributed by atoms with Gasteiger partial charge in [-0.1, -0.05) is 91.0 Å². The summed E-state index contributed by atoms with van der Waals surface area (Å²) in [6.45, 7) is 0.732. The number of likely N-dealkylation sites (tertiary alicyclic amines) is 1. The first-order valence-electron chi connectivity index (χ1n) is 10.7. The maximum absolute atomic E-state index is 12.7. The van der Waals surface area contributed by atoms with Gasteiger partial charge in [0.2, 0.25) is 0 Å². The zero-order valence-electron chi connectivity index (χ0n) is 18.3. The molecule has 1 aliphatic heterocycles. The van der Waals surface area contributed by atoms with E-state index in [0.717, 1.165) is 16.7 Å². The monoisotopic (exact) mass is 429 g/mol. The van der Waals surface area contributed by atoms with Crippen LogP contribution in [0.5, 0.6) is 0 Å². The molecule has 1 fully saturated rings. The molecular weight excluding hydrogens is 402 g/mol. The van der Waals surface area contributed by atoms with Crippen molar-refractivity contribution in [2.45, 2.75) is 5.54 Å². The van der Waals surface area contributed by atoms with Gasteiger partial charge in [0.05, 0.1) is 31.6 Å². The van der Waals surface area contributed by atoms with Crippen LogP contribution in [0.2, 0.25) is 0 Å². The van der Waals surface area contributed by atoms with E-state index >= 15 is 0 Å². The van der Waals surface area contributed by atoms with Crippen LogP contribution < -0.4 is 0 Å². The summed E-state index contributed by atoms with van der Waals surface area (Å²) >= 11 is 0. The molecule has 1 heterocycles. The van der Waals surface area contributed by atoms with Crippen molar-refractivity contribution in [2.75, 3.05) is 27.3 Å². The third kappa shape index (κ3) is 3.69. The van der Waals surface area contributed by atoms with Gasteiger partial charge < -0.3 is 9.47 Å². The van der Waals surface area contributed by atoms with E-state index in [-0.39, 0.29) is 0 Å². The summed E-state index contributed by atoms with van der Waals surface area (Å²) in [5.41, 5.74) is 2.49. The molecule has 0 radical (unpaired) electrons. The largest absolute Gasteiger partial charge is 0.469 e. The Labute approximate surface area is 188 Å². The molecule has 0 N–H and O–H groups in total. The summed E-state index contributed by atoms with van der Waals surface area (Å²) in [6, 6.07) is 30.6. The summed E-state index contributed by atoms with van der Waals surface area (Å²) in [5.74, 6) is -2.01. The van der Waals surface area contributed by atoms with Crippen LogP contribution in [-0.2, 0) is 24.6 Å². The van der Waals surface area contributed by atoms with Crippen molar-refractivity contribution in [3.05, 3.63) is 108 Å². The molecule has 1 aliphatic rings. The van der Waals surface area contributed by atoms with Gasteiger partial charge in [-0.3, -0.25) is 14.5 Å². The lowest BCUT2D eigenvalue weighted by molar-refractivity contribution is -0.155. The minimum Gasteiger partial charge on any atom is -0.469 e. The van der Waals surface area contributed by atoms with E-state index in [9.17, 15) is 9.59 Å². The Morgan fingerprint density at radius 1 is 0.656 bits per heavy atom. The van der Waals surface area contributed by atoms with E-state index < -0.39 is 29.3 Å². The number of hydrogen-bond acceptors (Lipinski definition) is 5. The molecule has 0 saturated carbocycles. The molecule has 0 bridgehead atoms. The highest BCUT2D eigenvalue weighted by atomic mass is 16.5. The van der Waals surface area contributed by atoms with Gasteiger partial charge in [0, 0.05) is 13.1 Å². The minimum atomic E-state index is -0.696. The van der Waals surface area contributed by atoms with Crippen LogP contribution in [0.3, 0.4) is 0 Å². The summed E-state index contributed by atoms with van der Waals surface area (Å²) < 4.78 is 10.1. The van der Waals surface area contributed by atoms with Gasteiger partial charge in [-0.2, -0.15) is 0 Å². The fourth-order valence-corrected chi connectivity index (χ4v) is 4.94. The van der Waals surface area contributed by atoms with Gasteiger partial charge in [-0.15, -0.1) is 0 Å². The van der Waals surface area contributed by atoms with Gasteiger partial charge in [0.1, 0.15) is 0 Å². The van der Waals surface area contributed by atoms with Crippen molar-refractivity contribution in [3.63, 3.8) is 0 Å². The molecule has 5 nitrogen and oxygen atoms in total. The lowest BCUT2D eigenvalue weighted by atomic mass is 9.75. The number of hydrogen-bond donors (Lipinski definition) is 0. The first-order chi connectivity index (χ1) is 15.6. The second-order valence-electron chi connectivity index (χ2n) is 7.97. The molecule has 1 saturated heterocycles. The van der Waals surface area contributed by atoms with Gasteiger partial charge in [0.15, 0.2) is 0 Å². The normalized spacial score (nSPS) is 18.8. The van der Waals surface area contributed by atoms with E-state index in [2.05, 4.69) is 41.3 Å². The topological polar surface area (TPSA) is 55.8 Å². The van der Waals surface area contributed by atoms with Crippen molar-refractivity contribution >= 4 is 11.9 Å². The zero-order chi connectivity index (χ0) is 22.6. The van der Waals surface area contributed by atoms with Crippen LogP contribution in [0.25, 0.3) is 0 Å². The molecule has 0 aromatic heterocycles. The van der Waals surface area contributed by atoms with E-state index in [4.69, 9.17) is 9.47 Å². The van der Waals surface area contributed by atoms with Crippen LogP contribution in [0.4, 0.5) is 0 Å². The van der Waals surface area contributed by atoms with Gasteiger partial charge >= 0.3 is 11.9 Å². The summed E-state index contributed by atoms with van der Waals surface area (Å²) in [7, 11) is 2.72. The van der Waals surface area contributed by atoms with Gasteiger partial charge in [-0.25, -0.2) is 0 Å². The smallest absolute Gasteiger partial charge is 0.310 e. The highest BCUT2D eigenvalue weighted by Crippen LogP contribution is 2.46. The second-order valence-corrected chi connectivity index (χ2v) is 7.97. The fourth-order valence-electron chi connectivity index (χ4n) is 4.94. The molecule has 3 aromatic rings. The van der Waals surface area contributed by atoms with E-state index in [1.165, 1.54) is 14.2 Å². The molecule has 4 rings (SSSR count). The Bertz CT molecular complexity index is 932. The molecule has 2 atom stereocenters. The first-order valence-corrected chi connectivity index (χ1v) is 10.7. The predicted octanol–water partition coefficient (Wildman–Crippen LogP) is 3.87. The van der Waals surface area contributed by atoms with Crippen molar-refractivity contribution in [2.24, 2.45) is 11.8 Å². The Morgan fingerprint density at radius 2 is 0.969 bits per heavy atom. The van der Waals surface area contributed by atoms with Crippen LogP contribution >= 0.6 is 0 Å². The van der Waals surface area contributed by atoms with Crippen molar-refractivity contribution in [1.29, 1.82) is 0 Å². The average Bonchev–Trinajstić information content (AvgIpc) is 3.31. The highest BCUT2D eigenvalue weighted by molar-refractivity contribution is 5.83. The zero-order valence-corrected chi connectivity index (χ0v) is 18.3. The summed E-state index contributed by atoms with van der Waals surface area (Å²) in [6.07, 6.45) is 0. The Morgan fingerprint density at radius 3 is 1.25 bits per heavy atom. The second kappa shape index (κ2) is 9.37. The molecule has 164 valence electrons. The molecule has 5 heteroatoms. The third-order valence-corrected chi connectivity index (χ3v) is 6.38. The first kappa shape index (κ1) is 21.8. The van der Waals surface area contributed by atoms with Crippen LogP contribution in [0.1, 0.15) is 16.7 Å². The maximum Gasteiger partial charge on any atom is 0.310 e. The number of carbonyl (C=O) groups is 2. The summed E-state index contributed by atoms with van der Waals surface area (Å²) in [5, 5.41) is 0. The van der Waals surface area contributed by atoms with Gasteiger partial charge in [0.25, 0.3) is 0 Å². The van der Waals surface area contributed by atoms with E-state index in [1.54, 1.807) is 0 Å². The number of esters is 2. The number of ether oxygens (including phenoxy) is 2. The standard InChI is InChI=1S/C27H27NO4/c1-31-25(29)23-18-28(19-24(23)26(30)32-2)27(20-12-6-3-7-13-20,21-14-8-4-9-15-21)22-16-10-5-11-17-22/h3-17,23-24H,18-19H2,1-2H3/t23-,24-/m0/s1. The lowest BCUT2D eigenvalue weighted by Crippen LogP contribution is -2.47. The Kier molecular flexibility index (Phi) is 6.37. The highest BCUT2D eigenvalue weighted by Gasteiger charge is 2.52. The molecule has 0 spiro atoms. The van der Waals surface area contributed by atoms with Crippen LogP contribution in [0, 0.1) is 11.8 Å². The maximum atomic E-state index is 12.7. The molecular formula is C27H27NO4. The molecule has 0 aliphatic carbocycles. The van der Waals surface area contributed by atoms with Crippen LogP contribution in [0.15, 0.2) is 91.0 Å². The molecule has 0 unspecified atom stereocenters. The molecule has 3 aromatic carbocycles.